The van der Waals surface area contributed by atoms with Crippen molar-refractivity contribution in [3.63, 3.8) is 0 Å². The summed E-state index contributed by atoms with van der Waals surface area (Å²) < 4.78 is 12.9. The van der Waals surface area contributed by atoms with Crippen molar-refractivity contribution >= 4 is 23.1 Å². The fraction of sp³-hybridized carbons (Fsp3) is 0.278. The summed E-state index contributed by atoms with van der Waals surface area (Å²) in [5.74, 6) is 3.00. The maximum atomic E-state index is 5.51. The minimum absolute atomic E-state index is 0.698. The fourth-order valence-electron chi connectivity index (χ4n) is 2.50. The smallest absolute Gasteiger partial charge is 0.191 e. The first-order chi connectivity index (χ1) is 12.7. The molecule has 0 atom stereocenters. The zero-order valence-corrected chi connectivity index (χ0v) is 16.6. The lowest BCUT2D eigenvalue weighted by atomic mass is 10.2. The van der Waals surface area contributed by atoms with E-state index >= 15 is 0 Å². The van der Waals surface area contributed by atoms with Gasteiger partial charge in [0.15, 0.2) is 16.7 Å². The van der Waals surface area contributed by atoms with E-state index in [1.165, 1.54) is 0 Å². The summed E-state index contributed by atoms with van der Waals surface area (Å²) in [6.45, 7) is 6.42. The number of methoxy groups -OCH3 is 2. The van der Waals surface area contributed by atoms with Crippen LogP contribution in [0, 0.1) is 6.92 Å². The number of para-hydroxylation sites is 1. The lowest BCUT2D eigenvalue weighted by molar-refractivity contribution is 0.356. The van der Waals surface area contributed by atoms with Crippen molar-refractivity contribution in [3.8, 4) is 22.1 Å². The molecule has 2 heterocycles. The molecule has 3 rings (SSSR count). The Kier molecular flexibility index (Phi) is 5.95. The van der Waals surface area contributed by atoms with E-state index in [1.54, 1.807) is 37.3 Å². The predicted octanol–water partition coefficient (Wildman–Crippen LogP) is 4.21. The minimum Gasteiger partial charge on any atom is -0.493 e. The van der Waals surface area contributed by atoms with Gasteiger partial charge in [-0.1, -0.05) is 23.9 Å². The van der Waals surface area contributed by atoms with E-state index < -0.39 is 0 Å². The number of thioether (sulfide) groups is 1. The molecule has 0 amide bonds. The third kappa shape index (κ3) is 3.76. The second kappa shape index (κ2) is 8.37. The number of rotatable bonds is 8. The molecule has 0 aliphatic rings. The summed E-state index contributed by atoms with van der Waals surface area (Å²) in [4.78, 5) is 4.75. The van der Waals surface area contributed by atoms with Crippen LogP contribution in [0.2, 0.25) is 0 Å². The molecular weight excluding hydrogens is 368 g/mol. The van der Waals surface area contributed by atoms with Crippen LogP contribution in [-0.2, 0) is 12.3 Å². The standard InChI is InChI=1S/C18H20N4O2S2/c1-5-9-22-12(2)20-21-18(22)26-11-13-10-25-17(19-13)14-7-6-8-15(23-3)16(14)24-4/h5-8,10H,1,9,11H2,2-4H3. The van der Waals surface area contributed by atoms with Crippen molar-refractivity contribution in [2.24, 2.45) is 0 Å². The van der Waals surface area contributed by atoms with Crippen molar-refractivity contribution in [1.29, 1.82) is 0 Å². The zero-order valence-electron chi connectivity index (χ0n) is 14.9. The highest BCUT2D eigenvalue weighted by atomic mass is 32.2. The van der Waals surface area contributed by atoms with Gasteiger partial charge in [-0.15, -0.1) is 28.1 Å². The van der Waals surface area contributed by atoms with Crippen LogP contribution in [-0.4, -0.2) is 34.0 Å². The Balaban J connectivity index is 1.78. The Labute approximate surface area is 160 Å². The third-order valence-electron chi connectivity index (χ3n) is 3.75. The van der Waals surface area contributed by atoms with E-state index in [-0.39, 0.29) is 0 Å². The SMILES string of the molecule is C=CCn1c(C)nnc1SCc1csc(-c2cccc(OC)c2OC)n1. The molecule has 6 nitrogen and oxygen atoms in total. The molecule has 136 valence electrons. The Morgan fingerprint density at radius 3 is 2.85 bits per heavy atom. The number of aromatic nitrogens is 4. The maximum Gasteiger partial charge on any atom is 0.191 e. The summed E-state index contributed by atoms with van der Waals surface area (Å²) in [5.41, 5.74) is 1.92. The van der Waals surface area contributed by atoms with Gasteiger partial charge in [-0.3, -0.25) is 0 Å². The Bertz CT molecular complexity index is 904. The average Bonchev–Trinajstić information content (AvgIpc) is 3.27. The molecule has 0 aliphatic carbocycles. The molecule has 0 bridgehead atoms. The molecule has 0 unspecified atom stereocenters. The van der Waals surface area contributed by atoms with Crippen LogP contribution in [0.5, 0.6) is 11.5 Å². The molecule has 0 saturated heterocycles. The summed E-state index contributed by atoms with van der Waals surface area (Å²) >= 11 is 3.20. The first-order valence-electron chi connectivity index (χ1n) is 7.97. The molecule has 3 aromatic rings. The van der Waals surface area contributed by atoms with Gasteiger partial charge in [-0.05, 0) is 19.1 Å². The van der Waals surface area contributed by atoms with Crippen molar-refractivity contribution in [3.05, 3.63) is 47.8 Å². The van der Waals surface area contributed by atoms with Gasteiger partial charge in [0.05, 0.1) is 25.5 Å². The van der Waals surface area contributed by atoms with Gasteiger partial charge in [-0.2, -0.15) is 0 Å². The summed E-state index contributed by atoms with van der Waals surface area (Å²) in [6.07, 6.45) is 1.84. The molecule has 0 saturated carbocycles. The van der Waals surface area contributed by atoms with Gasteiger partial charge >= 0.3 is 0 Å². The van der Waals surface area contributed by atoms with Gasteiger partial charge in [-0.25, -0.2) is 4.98 Å². The highest BCUT2D eigenvalue weighted by Gasteiger charge is 2.15. The minimum atomic E-state index is 0.698. The number of aryl methyl sites for hydroxylation is 1. The lowest BCUT2D eigenvalue weighted by Crippen LogP contribution is -2.00. The van der Waals surface area contributed by atoms with E-state index in [9.17, 15) is 0 Å². The number of hydrogen-bond donors (Lipinski definition) is 0. The number of benzene rings is 1. The molecule has 0 N–H and O–H groups in total. The normalized spacial score (nSPS) is 10.7. The van der Waals surface area contributed by atoms with Crippen LogP contribution >= 0.6 is 23.1 Å². The highest BCUT2D eigenvalue weighted by molar-refractivity contribution is 7.98. The van der Waals surface area contributed by atoms with Gasteiger partial charge in [0, 0.05) is 17.7 Å². The molecule has 0 aliphatic heterocycles. The molecule has 26 heavy (non-hydrogen) atoms. The van der Waals surface area contributed by atoms with E-state index in [1.807, 2.05) is 35.8 Å². The Hall–Kier alpha value is -2.32. The van der Waals surface area contributed by atoms with Crippen LogP contribution in [0.1, 0.15) is 11.5 Å². The topological polar surface area (TPSA) is 62.1 Å². The monoisotopic (exact) mass is 388 g/mol. The fourth-order valence-corrected chi connectivity index (χ4v) is 4.33. The molecule has 2 aromatic heterocycles. The zero-order chi connectivity index (χ0) is 18.5. The number of nitrogens with zero attached hydrogens (tertiary/aromatic N) is 4. The third-order valence-corrected chi connectivity index (χ3v) is 5.67. The van der Waals surface area contributed by atoms with Crippen molar-refractivity contribution in [1.82, 2.24) is 19.7 Å². The number of hydrogen-bond acceptors (Lipinski definition) is 7. The second-order valence-electron chi connectivity index (χ2n) is 5.40. The highest BCUT2D eigenvalue weighted by Crippen LogP contribution is 2.39. The largest absolute Gasteiger partial charge is 0.493 e. The van der Waals surface area contributed by atoms with Crippen LogP contribution < -0.4 is 9.47 Å². The maximum absolute atomic E-state index is 5.51. The van der Waals surface area contributed by atoms with Crippen molar-refractivity contribution < 1.29 is 9.47 Å². The summed E-state index contributed by atoms with van der Waals surface area (Å²) in [6, 6.07) is 5.80. The van der Waals surface area contributed by atoms with Gasteiger partial charge in [0.25, 0.3) is 0 Å². The van der Waals surface area contributed by atoms with Gasteiger partial charge in [0.2, 0.25) is 0 Å². The van der Waals surface area contributed by atoms with Crippen molar-refractivity contribution in [2.75, 3.05) is 14.2 Å². The summed E-state index contributed by atoms with van der Waals surface area (Å²) in [5, 5.41) is 12.2. The van der Waals surface area contributed by atoms with E-state index in [4.69, 9.17) is 14.5 Å². The first-order valence-corrected chi connectivity index (χ1v) is 9.83. The van der Waals surface area contributed by atoms with E-state index in [0.29, 0.717) is 18.0 Å². The Morgan fingerprint density at radius 1 is 1.27 bits per heavy atom. The second-order valence-corrected chi connectivity index (χ2v) is 7.20. The van der Waals surface area contributed by atoms with Crippen LogP contribution in [0.3, 0.4) is 0 Å². The van der Waals surface area contributed by atoms with Crippen LogP contribution in [0.15, 0.2) is 41.4 Å². The number of allylic oxidation sites excluding steroid dienone is 1. The quantitative estimate of drug-likeness (QED) is 0.426. The number of thiazole rings is 1. The van der Waals surface area contributed by atoms with E-state index in [0.717, 1.165) is 33.0 Å². The lowest BCUT2D eigenvalue weighted by Gasteiger charge is -2.10. The molecular formula is C18H20N4O2S2. The molecule has 0 spiro atoms. The molecule has 8 heteroatoms. The predicted molar refractivity (Wildman–Crippen MR) is 105 cm³/mol. The van der Waals surface area contributed by atoms with Gasteiger partial charge in [0.1, 0.15) is 10.8 Å². The van der Waals surface area contributed by atoms with Crippen LogP contribution in [0.25, 0.3) is 10.6 Å². The van der Waals surface area contributed by atoms with Crippen molar-refractivity contribution in [2.45, 2.75) is 24.4 Å². The summed E-state index contributed by atoms with van der Waals surface area (Å²) in [7, 11) is 3.27. The average molecular weight is 389 g/mol. The number of ether oxygens (including phenoxy) is 2. The van der Waals surface area contributed by atoms with Crippen LogP contribution in [0.4, 0.5) is 0 Å². The first kappa shape index (κ1) is 18.5. The molecule has 0 fully saturated rings. The van der Waals surface area contributed by atoms with Gasteiger partial charge < -0.3 is 14.0 Å². The van der Waals surface area contributed by atoms with E-state index in [2.05, 4.69) is 22.2 Å². The molecule has 1 aromatic carbocycles. The Morgan fingerprint density at radius 2 is 2.12 bits per heavy atom. The molecule has 0 radical (unpaired) electrons.